The molecule has 0 aromatic carbocycles. The van der Waals surface area contributed by atoms with Crippen molar-refractivity contribution in [3.63, 3.8) is 0 Å². The Morgan fingerprint density at radius 3 is 2.47 bits per heavy atom. The molecule has 2 amide bonds. The maximum absolute atomic E-state index is 11.9. The maximum Gasteiger partial charge on any atom is 0.319 e. The molecule has 0 spiro atoms. The fraction of sp³-hybridized carbons (Fsp3) is 0.900. The number of carbonyl (C=O) groups is 1. The number of carbonyl (C=O) groups excluding carboxylic acids is 1. The van der Waals surface area contributed by atoms with Crippen molar-refractivity contribution in [2.75, 3.05) is 53.4 Å². The highest BCUT2D eigenvalue weighted by atomic mass is 16.2. The number of likely N-dealkylation sites (N-methyl/N-ethyl adjacent to an activating group) is 1. The summed E-state index contributed by atoms with van der Waals surface area (Å²) >= 11 is 0. The van der Waals surface area contributed by atoms with E-state index in [4.69, 9.17) is 5.73 Å². The van der Waals surface area contributed by atoms with Gasteiger partial charge in [0.1, 0.15) is 0 Å². The molecule has 0 atom stereocenters. The number of piperazine rings is 1. The quantitative estimate of drug-likeness (QED) is 0.697. The molecule has 1 saturated heterocycles. The largest absolute Gasteiger partial charge is 0.330 e. The van der Waals surface area contributed by atoms with Crippen LogP contribution < -0.4 is 5.73 Å². The predicted molar refractivity (Wildman–Crippen MR) is 60.8 cm³/mol. The Morgan fingerprint density at radius 2 is 1.93 bits per heavy atom. The van der Waals surface area contributed by atoms with Crippen molar-refractivity contribution in [2.24, 2.45) is 5.73 Å². The Kier molecular flexibility index (Phi) is 4.84. The molecular weight excluding hydrogens is 192 g/mol. The molecule has 1 heterocycles. The molecule has 0 saturated carbocycles. The van der Waals surface area contributed by atoms with Crippen LogP contribution in [0.5, 0.6) is 0 Å². The standard InChI is InChI=1S/C10H22N4O/c1-12-6-8-14(9-7-12)10(15)13(2)5-3-4-11/h3-9,11H2,1-2H3. The first-order chi connectivity index (χ1) is 7.15. The Bertz CT molecular complexity index is 202. The summed E-state index contributed by atoms with van der Waals surface area (Å²) in [7, 11) is 3.93. The van der Waals surface area contributed by atoms with Crippen molar-refractivity contribution in [3.05, 3.63) is 0 Å². The molecule has 5 nitrogen and oxygen atoms in total. The minimum absolute atomic E-state index is 0.136. The van der Waals surface area contributed by atoms with Crippen molar-refractivity contribution in [2.45, 2.75) is 6.42 Å². The van der Waals surface area contributed by atoms with Gasteiger partial charge in [0.25, 0.3) is 0 Å². The van der Waals surface area contributed by atoms with Gasteiger partial charge in [-0.25, -0.2) is 4.79 Å². The van der Waals surface area contributed by atoms with Crippen LogP contribution in [-0.2, 0) is 0 Å². The third-order valence-corrected chi connectivity index (χ3v) is 2.80. The van der Waals surface area contributed by atoms with Gasteiger partial charge in [-0.1, -0.05) is 0 Å². The van der Waals surface area contributed by atoms with E-state index in [1.165, 1.54) is 0 Å². The zero-order valence-electron chi connectivity index (χ0n) is 9.78. The minimum Gasteiger partial charge on any atom is -0.330 e. The van der Waals surface area contributed by atoms with Crippen LogP contribution in [0.2, 0.25) is 0 Å². The molecule has 5 heteroatoms. The number of hydrogen-bond acceptors (Lipinski definition) is 3. The summed E-state index contributed by atoms with van der Waals surface area (Å²) < 4.78 is 0. The second-order valence-electron chi connectivity index (χ2n) is 4.14. The first-order valence-electron chi connectivity index (χ1n) is 5.54. The zero-order valence-corrected chi connectivity index (χ0v) is 9.78. The van der Waals surface area contributed by atoms with E-state index in [1.54, 1.807) is 4.90 Å². The third kappa shape index (κ3) is 3.68. The number of nitrogens with two attached hydrogens (primary N) is 1. The molecule has 0 aromatic heterocycles. The highest BCUT2D eigenvalue weighted by Gasteiger charge is 2.21. The predicted octanol–water partition coefficient (Wildman–Crippen LogP) is -0.366. The Balaban J connectivity index is 2.32. The lowest BCUT2D eigenvalue weighted by Gasteiger charge is -2.34. The first-order valence-corrected chi connectivity index (χ1v) is 5.54. The second-order valence-corrected chi connectivity index (χ2v) is 4.14. The van der Waals surface area contributed by atoms with E-state index in [-0.39, 0.29) is 6.03 Å². The number of hydrogen-bond donors (Lipinski definition) is 1. The van der Waals surface area contributed by atoms with Crippen molar-refractivity contribution in [1.82, 2.24) is 14.7 Å². The molecule has 0 aliphatic carbocycles. The molecule has 0 bridgehead atoms. The van der Waals surface area contributed by atoms with E-state index in [0.717, 1.165) is 39.1 Å². The van der Waals surface area contributed by atoms with E-state index < -0.39 is 0 Å². The molecule has 88 valence electrons. The van der Waals surface area contributed by atoms with Gasteiger partial charge in [0.2, 0.25) is 0 Å². The maximum atomic E-state index is 11.9. The first kappa shape index (κ1) is 12.3. The fourth-order valence-electron chi connectivity index (χ4n) is 1.66. The van der Waals surface area contributed by atoms with Crippen molar-refractivity contribution in [3.8, 4) is 0 Å². The highest BCUT2D eigenvalue weighted by molar-refractivity contribution is 5.74. The fourth-order valence-corrected chi connectivity index (χ4v) is 1.66. The van der Waals surface area contributed by atoms with Crippen LogP contribution in [0.15, 0.2) is 0 Å². The van der Waals surface area contributed by atoms with Crippen LogP contribution in [0, 0.1) is 0 Å². The van der Waals surface area contributed by atoms with Gasteiger partial charge in [0.15, 0.2) is 0 Å². The normalized spacial score (nSPS) is 17.9. The summed E-state index contributed by atoms with van der Waals surface area (Å²) in [6.07, 6.45) is 0.871. The molecule has 1 aliphatic rings. The summed E-state index contributed by atoms with van der Waals surface area (Å²) in [6, 6.07) is 0.136. The van der Waals surface area contributed by atoms with Gasteiger partial charge in [0, 0.05) is 39.8 Å². The molecule has 0 unspecified atom stereocenters. The second kappa shape index (κ2) is 5.92. The van der Waals surface area contributed by atoms with Crippen LogP contribution in [0.4, 0.5) is 4.79 Å². The lowest BCUT2D eigenvalue weighted by Crippen LogP contribution is -2.51. The van der Waals surface area contributed by atoms with Crippen LogP contribution in [-0.4, -0.2) is 74.1 Å². The summed E-state index contributed by atoms with van der Waals surface area (Å²) in [5, 5.41) is 0. The molecule has 1 aliphatic heterocycles. The van der Waals surface area contributed by atoms with Gasteiger partial charge >= 0.3 is 6.03 Å². The van der Waals surface area contributed by atoms with Gasteiger partial charge in [-0.05, 0) is 20.0 Å². The topological polar surface area (TPSA) is 52.8 Å². The number of rotatable bonds is 3. The third-order valence-electron chi connectivity index (χ3n) is 2.80. The molecule has 0 aromatic rings. The average Bonchev–Trinajstić information content (AvgIpc) is 2.26. The lowest BCUT2D eigenvalue weighted by molar-refractivity contribution is 0.129. The molecule has 0 radical (unpaired) electrons. The zero-order chi connectivity index (χ0) is 11.3. The van der Waals surface area contributed by atoms with Gasteiger partial charge in [0.05, 0.1) is 0 Å². The summed E-state index contributed by atoms with van der Waals surface area (Å²) in [5.74, 6) is 0. The van der Waals surface area contributed by atoms with Gasteiger partial charge in [-0.2, -0.15) is 0 Å². The lowest BCUT2D eigenvalue weighted by atomic mass is 10.3. The Morgan fingerprint density at radius 1 is 1.33 bits per heavy atom. The van der Waals surface area contributed by atoms with Crippen molar-refractivity contribution >= 4 is 6.03 Å². The molecule has 15 heavy (non-hydrogen) atoms. The number of urea groups is 1. The molecule has 2 N–H and O–H groups in total. The minimum atomic E-state index is 0.136. The van der Waals surface area contributed by atoms with Crippen LogP contribution >= 0.6 is 0 Å². The molecule has 1 rings (SSSR count). The van der Waals surface area contributed by atoms with Crippen LogP contribution in [0.25, 0.3) is 0 Å². The highest BCUT2D eigenvalue weighted by Crippen LogP contribution is 2.03. The van der Waals surface area contributed by atoms with E-state index in [9.17, 15) is 4.79 Å². The van der Waals surface area contributed by atoms with E-state index in [1.807, 2.05) is 11.9 Å². The summed E-state index contributed by atoms with van der Waals surface area (Å²) in [4.78, 5) is 17.8. The monoisotopic (exact) mass is 214 g/mol. The van der Waals surface area contributed by atoms with E-state index in [0.29, 0.717) is 6.54 Å². The molecule has 1 fully saturated rings. The van der Waals surface area contributed by atoms with Gasteiger partial charge < -0.3 is 20.4 Å². The average molecular weight is 214 g/mol. The summed E-state index contributed by atoms with van der Waals surface area (Å²) in [5.41, 5.74) is 5.42. The van der Waals surface area contributed by atoms with Crippen molar-refractivity contribution < 1.29 is 4.79 Å². The van der Waals surface area contributed by atoms with E-state index in [2.05, 4.69) is 11.9 Å². The van der Waals surface area contributed by atoms with Gasteiger partial charge in [-0.3, -0.25) is 0 Å². The molecular formula is C10H22N4O. The Hall–Kier alpha value is -0.810. The summed E-state index contributed by atoms with van der Waals surface area (Å²) in [6.45, 7) is 5.00. The van der Waals surface area contributed by atoms with Gasteiger partial charge in [-0.15, -0.1) is 0 Å². The van der Waals surface area contributed by atoms with E-state index >= 15 is 0 Å². The SMILES string of the molecule is CN1CCN(C(=O)N(C)CCCN)CC1. The smallest absolute Gasteiger partial charge is 0.319 e. The van der Waals surface area contributed by atoms with Crippen molar-refractivity contribution in [1.29, 1.82) is 0 Å². The number of amides is 2. The van der Waals surface area contributed by atoms with Crippen LogP contribution in [0.3, 0.4) is 0 Å². The Labute approximate surface area is 91.8 Å². The number of nitrogens with zero attached hydrogens (tertiary/aromatic N) is 3. The van der Waals surface area contributed by atoms with Crippen LogP contribution in [0.1, 0.15) is 6.42 Å².